The molecule has 0 aromatic heterocycles. The lowest BCUT2D eigenvalue weighted by Crippen LogP contribution is -2.44. The molecule has 0 radical (unpaired) electrons. The summed E-state index contributed by atoms with van der Waals surface area (Å²) in [7, 11) is 2.12. The van der Waals surface area contributed by atoms with E-state index in [9.17, 15) is 4.79 Å². The van der Waals surface area contributed by atoms with E-state index in [0.29, 0.717) is 23.2 Å². The van der Waals surface area contributed by atoms with Crippen molar-refractivity contribution in [2.24, 2.45) is 0 Å². The van der Waals surface area contributed by atoms with E-state index in [2.05, 4.69) is 39.9 Å². The lowest BCUT2D eigenvalue weighted by molar-refractivity contribution is 0.0928. The van der Waals surface area contributed by atoms with Crippen LogP contribution in [0.3, 0.4) is 0 Å². The van der Waals surface area contributed by atoms with Gasteiger partial charge in [-0.2, -0.15) is 0 Å². The lowest BCUT2D eigenvalue weighted by Gasteiger charge is -2.32. The Morgan fingerprint density at radius 1 is 1.53 bits per heavy atom. The van der Waals surface area contributed by atoms with Gasteiger partial charge in [0, 0.05) is 21.7 Å². The van der Waals surface area contributed by atoms with Crippen LogP contribution < -0.4 is 5.32 Å². The predicted molar refractivity (Wildman–Crippen MR) is 86.8 cm³/mol. The summed E-state index contributed by atoms with van der Waals surface area (Å²) < 4.78 is 0.961. The van der Waals surface area contributed by atoms with Crippen LogP contribution in [0.4, 0.5) is 0 Å². The van der Waals surface area contributed by atoms with E-state index in [1.165, 1.54) is 12.8 Å². The molecule has 1 N–H and O–H groups in total. The van der Waals surface area contributed by atoms with E-state index in [1.807, 2.05) is 12.1 Å². The zero-order valence-electron chi connectivity index (χ0n) is 11.0. The third kappa shape index (κ3) is 4.07. The summed E-state index contributed by atoms with van der Waals surface area (Å²) in [5, 5.41) is 3.63. The van der Waals surface area contributed by atoms with Crippen molar-refractivity contribution in [3.63, 3.8) is 0 Å². The van der Waals surface area contributed by atoms with Crippen LogP contribution in [0.15, 0.2) is 18.2 Å². The average Bonchev–Trinajstić information content (AvgIpc) is 2.40. The van der Waals surface area contributed by atoms with Crippen LogP contribution in [-0.4, -0.2) is 37.0 Å². The molecule has 1 aliphatic heterocycles. The van der Waals surface area contributed by atoms with Crippen LogP contribution in [0.1, 0.15) is 29.6 Å². The number of piperidine rings is 1. The predicted octanol–water partition coefficient (Wildman–Crippen LogP) is 3.16. The zero-order valence-corrected chi connectivity index (χ0v) is 13.9. The van der Waals surface area contributed by atoms with Gasteiger partial charge in [0.1, 0.15) is 0 Å². The van der Waals surface area contributed by atoms with E-state index in [-0.39, 0.29) is 5.91 Å². The van der Waals surface area contributed by atoms with Gasteiger partial charge in [0.25, 0.3) is 5.91 Å². The Balaban J connectivity index is 1.91. The van der Waals surface area contributed by atoms with Crippen LogP contribution in [-0.2, 0) is 0 Å². The molecule has 1 aromatic carbocycles. The summed E-state index contributed by atoms with van der Waals surface area (Å²) >= 11 is 8.19. The van der Waals surface area contributed by atoms with Crippen molar-refractivity contribution in [2.45, 2.75) is 25.3 Å². The fourth-order valence-electron chi connectivity index (χ4n) is 2.35. The number of amides is 1. The molecular formula is C14H18ClIN2O. The molecule has 1 fully saturated rings. The summed E-state index contributed by atoms with van der Waals surface area (Å²) in [6, 6.07) is 5.86. The van der Waals surface area contributed by atoms with Gasteiger partial charge in [-0.25, -0.2) is 0 Å². The Bertz CT molecular complexity index is 467. The number of carbonyl (C=O) groups is 1. The number of hydrogen-bond acceptors (Lipinski definition) is 2. The van der Waals surface area contributed by atoms with Crippen molar-refractivity contribution in [2.75, 3.05) is 20.1 Å². The molecule has 1 aromatic rings. The minimum absolute atomic E-state index is 0.0442. The minimum Gasteiger partial charge on any atom is -0.350 e. The molecule has 0 spiro atoms. The van der Waals surface area contributed by atoms with E-state index in [1.54, 1.807) is 6.07 Å². The van der Waals surface area contributed by atoms with E-state index >= 15 is 0 Å². The first-order valence-corrected chi connectivity index (χ1v) is 7.97. The van der Waals surface area contributed by atoms with Crippen LogP contribution in [0.5, 0.6) is 0 Å². The fourth-order valence-corrected chi connectivity index (χ4v) is 2.87. The van der Waals surface area contributed by atoms with Gasteiger partial charge in [0.05, 0.1) is 5.02 Å². The highest BCUT2D eigenvalue weighted by molar-refractivity contribution is 14.1. The van der Waals surface area contributed by atoms with Gasteiger partial charge >= 0.3 is 0 Å². The Hall–Kier alpha value is -0.330. The van der Waals surface area contributed by atoms with Crippen molar-refractivity contribution in [1.29, 1.82) is 0 Å². The second-order valence-electron chi connectivity index (χ2n) is 4.97. The molecule has 1 saturated heterocycles. The molecule has 2 rings (SSSR count). The quantitative estimate of drug-likeness (QED) is 0.802. The second-order valence-corrected chi connectivity index (χ2v) is 6.54. The van der Waals surface area contributed by atoms with Crippen molar-refractivity contribution in [1.82, 2.24) is 10.2 Å². The van der Waals surface area contributed by atoms with E-state index < -0.39 is 0 Å². The summed E-state index contributed by atoms with van der Waals surface area (Å²) in [5.74, 6) is -0.0442. The number of carbonyl (C=O) groups excluding carboxylic acids is 1. The highest BCUT2D eigenvalue weighted by Gasteiger charge is 2.19. The number of halogens is 2. The Morgan fingerprint density at radius 3 is 3.00 bits per heavy atom. The first-order valence-electron chi connectivity index (χ1n) is 6.51. The van der Waals surface area contributed by atoms with Crippen LogP contribution in [0.2, 0.25) is 5.02 Å². The first-order chi connectivity index (χ1) is 9.08. The average molecular weight is 393 g/mol. The monoisotopic (exact) mass is 392 g/mol. The van der Waals surface area contributed by atoms with Gasteiger partial charge < -0.3 is 10.2 Å². The largest absolute Gasteiger partial charge is 0.350 e. The molecule has 104 valence electrons. The van der Waals surface area contributed by atoms with Crippen molar-refractivity contribution in [3.05, 3.63) is 32.4 Å². The zero-order chi connectivity index (χ0) is 13.8. The third-order valence-electron chi connectivity index (χ3n) is 3.60. The maximum absolute atomic E-state index is 12.1. The first kappa shape index (κ1) is 15.1. The van der Waals surface area contributed by atoms with Crippen LogP contribution in [0.25, 0.3) is 0 Å². The van der Waals surface area contributed by atoms with Crippen molar-refractivity contribution < 1.29 is 4.79 Å². The molecule has 1 amide bonds. The summed E-state index contributed by atoms with van der Waals surface area (Å²) in [6.07, 6.45) is 3.66. The highest BCUT2D eigenvalue weighted by atomic mass is 127. The number of hydrogen-bond donors (Lipinski definition) is 1. The number of likely N-dealkylation sites (N-methyl/N-ethyl adjacent to an activating group) is 1. The second kappa shape index (κ2) is 6.90. The van der Waals surface area contributed by atoms with Gasteiger partial charge in [-0.05, 0) is 67.2 Å². The van der Waals surface area contributed by atoms with E-state index in [4.69, 9.17) is 11.6 Å². The molecule has 0 saturated carbocycles. The van der Waals surface area contributed by atoms with Gasteiger partial charge in [-0.1, -0.05) is 18.0 Å². The molecule has 1 aliphatic rings. The summed E-state index contributed by atoms with van der Waals surface area (Å²) in [4.78, 5) is 14.4. The fraction of sp³-hybridized carbons (Fsp3) is 0.500. The van der Waals surface area contributed by atoms with Crippen molar-refractivity contribution >= 4 is 40.1 Å². The van der Waals surface area contributed by atoms with Gasteiger partial charge in [-0.3, -0.25) is 4.79 Å². The van der Waals surface area contributed by atoms with Crippen LogP contribution in [0, 0.1) is 3.57 Å². The standard InChI is InChI=1S/C14H18ClIN2O/c1-18-7-3-2-4-11(18)9-17-14(19)10-5-6-13(16)12(15)8-10/h5-6,8,11H,2-4,7,9H2,1H3,(H,17,19). The number of rotatable bonds is 3. The minimum atomic E-state index is -0.0442. The van der Waals surface area contributed by atoms with Crippen molar-refractivity contribution in [3.8, 4) is 0 Å². The lowest BCUT2D eigenvalue weighted by atomic mass is 10.0. The summed E-state index contributed by atoms with van der Waals surface area (Å²) in [5.41, 5.74) is 0.629. The molecule has 3 nitrogen and oxygen atoms in total. The molecule has 1 unspecified atom stereocenters. The third-order valence-corrected chi connectivity index (χ3v) is 5.17. The van der Waals surface area contributed by atoms with Crippen LogP contribution >= 0.6 is 34.2 Å². The normalized spacial score (nSPS) is 20.3. The SMILES string of the molecule is CN1CCCCC1CNC(=O)c1ccc(I)c(Cl)c1. The van der Waals surface area contributed by atoms with Gasteiger partial charge in [-0.15, -0.1) is 0 Å². The molecule has 0 bridgehead atoms. The molecule has 1 heterocycles. The van der Waals surface area contributed by atoms with Gasteiger partial charge in [0.2, 0.25) is 0 Å². The molecule has 5 heteroatoms. The molecule has 0 aliphatic carbocycles. The highest BCUT2D eigenvalue weighted by Crippen LogP contribution is 2.19. The maximum Gasteiger partial charge on any atom is 0.251 e. The number of nitrogens with zero attached hydrogens (tertiary/aromatic N) is 1. The number of likely N-dealkylation sites (tertiary alicyclic amines) is 1. The Labute approximate surface area is 132 Å². The maximum atomic E-state index is 12.1. The van der Waals surface area contributed by atoms with Gasteiger partial charge in [0.15, 0.2) is 0 Å². The van der Waals surface area contributed by atoms with E-state index in [0.717, 1.165) is 16.5 Å². The topological polar surface area (TPSA) is 32.3 Å². The molecular weight excluding hydrogens is 375 g/mol. The Morgan fingerprint density at radius 2 is 2.32 bits per heavy atom. The molecule has 1 atom stereocenters. The summed E-state index contributed by atoms with van der Waals surface area (Å²) in [6.45, 7) is 1.83. The number of nitrogens with one attached hydrogen (secondary N) is 1. The smallest absolute Gasteiger partial charge is 0.251 e. The Kier molecular flexibility index (Phi) is 5.47. The number of benzene rings is 1. The molecule has 19 heavy (non-hydrogen) atoms.